The highest BCUT2D eigenvalue weighted by atomic mass is 31.2. The summed E-state index contributed by atoms with van der Waals surface area (Å²) in [6, 6.07) is 11.5. The third kappa shape index (κ3) is 8.10. The van der Waals surface area contributed by atoms with E-state index in [1.807, 2.05) is 37.3 Å². The summed E-state index contributed by atoms with van der Waals surface area (Å²) >= 11 is 0. The molecule has 0 aliphatic carbocycles. The van der Waals surface area contributed by atoms with Crippen LogP contribution in [-0.2, 0) is 26.7 Å². The summed E-state index contributed by atoms with van der Waals surface area (Å²) in [5.74, 6) is 0. The summed E-state index contributed by atoms with van der Waals surface area (Å²) < 4.78 is 30.6. The van der Waals surface area contributed by atoms with Gasteiger partial charge in [0.1, 0.15) is 12.6 Å². The zero-order valence-corrected chi connectivity index (χ0v) is 22.0. The van der Waals surface area contributed by atoms with Crippen molar-refractivity contribution in [2.24, 2.45) is 0 Å². The molecule has 1 N–H and O–H groups in total. The lowest BCUT2D eigenvalue weighted by Crippen LogP contribution is -2.36. The van der Waals surface area contributed by atoms with Gasteiger partial charge < -0.3 is 14.4 Å². The minimum atomic E-state index is -2.89. The summed E-state index contributed by atoms with van der Waals surface area (Å²) in [7, 11) is -5.27. The molecule has 8 nitrogen and oxygen atoms in total. The van der Waals surface area contributed by atoms with Crippen LogP contribution in [0, 0.1) is 0 Å². The van der Waals surface area contributed by atoms with Gasteiger partial charge in [-0.3, -0.25) is 14.4 Å². The lowest BCUT2D eigenvalue weighted by molar-refractivity contribution is 0.207. The van der Waals surface area contributed by atoms with Gasteiger partial charge in [-0.15, -0.1) is 0 Å². The Kier molecular flexibility index (Phi) is 9.40. The van der Waals surface area contributed by atoms with Gasteiger partial charge in [-0.25, -0.2) is 9.97 Å². The van der Waals surface area contributed by atoms with E-state index in [-0.39, 0.29) is 0 Å². The average molecular weight is 494 g/mol. The van der Waals surface area contributed by atoms with Crippen molar-refractivity contribution in [3.63, 3.8) is 0 Å². The molecule has 10 heteroatoms. The van der Waals surface area contributed by atoms with E-state index in [0.29, 0.717) is 24.0 Å². The molecule has 0 aromatic carbocycles. The maximum absolute atomic E-state index is 12.8. The van der Waals surface area contributed by atoms with E-state index < -0.39 is 14.5 Å². The van der Waals surface area contributed by atoms with Crippen LogP contribution in [0.25, 0.3) is 0 Å². The first-order valence-corrected chi connectivity index (χ1v) is 16.2. The molecule has 0 spiro atoms. The Morgan fingerprint density at radius 3 is 1.88 bits per heavy atom. The Morgan fingerprint density at radius 1 is 0.848 bits per heavy atom. The molecule has 182 valence electrons. The normalized spacial score (nSPS) is 18.8. The van der Waals surface area contributed by atoms with Crippen molar-refractivity contribution in [3.8, 4) is 0 Å². The molecule has 0 amide bonds. The lowest BCUT2D eigenvalue weighted by atomic mass is 10.3. The van der Waals surface area contributed by atoms with E-state index in [9.17, 15) is 9.13 Å². The van der Waals surface area contributed by atoms with Gasteiger partial charge in [0.15, 0.2) is 0 Å². The maximum atomic E-state index is 12.8. The Bertz CT molecular complexity index is 1010. The highest BCUT2D eigenvalue weighted by Crippen LogP contribution is 2.40. The second-order valence-electron chi connectivity index (χ2n) is 8.89. The van der Waals surface area contributed by atoms with Crippen LogP contribution in [0.4, 0.5) is 0 Å². The number of aromatic nitrogens is 2. The highest BCUT2D eigenvalue weighted by Gasteiger charge is 2.21. The smallest absolute Gasteiger partial charge is 0.246 e. The second kappa shape index (κ2) is 11.8. The quantitative estimate of drug-likeness (QED) is 0.561. The molecule has 33 heavy (non-hydrogen) atoms. The zero-order valence-electron chi connectivity index (χ0n) is 20.2. The fraction of sp³-hybridized carbons (Fsp3) is 0.565. The van der Waals surface area contributed by atoms with Crippen LogP contribution in [0.5, 0.6) is 0 Å². The summed E-state index contributed by atoms with van der Waals surface area (Å²) in [5.41, 5.74) is 3.07. The molecule has 2 aromatic rings. The Balaban J connectivity index is 1.66. The maximum Gasteiger partial charge on any atom is 0.246 e. The highest BCUT2D eigenvalue weighted by molar-refractivity contribution is 7.69. The summed E-state index contributed by atoms with van der Waals surface area (Å²) in [4.78, 5) is 14.1. The molecule has 1 aliphatic rings. The van der Waals surface area contributed by atoms with Crippen molar-refractivity contribution >= 4 is 25.4 Å². The largest absolute Gasteiger partial charge is 0.325 e. The van der Waals surface area contributed by atoms with Crippen molar-refractivity contribution in [3.05, 3.63) is 47.8 Å². The Labute approximate surface area is 198 Å². The van der Waals surface area contributed by atoms with E-state index in [4.69, 9.17) is 4.52 Å². The van der Waals surface area contributed by atoms with Crippen molar-refractivity contribution in [1.29, 1.82) is 0 Å². The van der Waals surface area contributed by atoms with Gasteiger partial charge in [0.05, 0.1) is 23.4 Å². The van der Waals surface area contributed by atoms with E-state index >= 15 is 0 Å². The van der Waals surface area contributed by atoms with E-state index in [0.717, 1.165) is 57.2 Å². The van der Waals surface area contributed by atoms with E-state index in [1.165, 1.54) is 0 Å². The number of pyridine rings is 2. The van der Waals surface area contributed by atoms with Gasteiger partial charge in [0, 0.05) is 59.0 Å². The molecule has 0 bridgehead atoms. The molecule has 1 saturated heterocycles. The van der Waals surface area contributed by atoms with Gasteiger partial charge in [0.2, 0.25) is 7.37 Å². The SMILES string of the molecule is CCOP(C)(=O)c1cccc(CN2CCNCCN(Cc3cccc(P(C)(C)=O)n3)CC2)n1. The molecule has 0 radical (unpaired) electrons. The molecule has 1 atom stereocenters. The first kappa shape index (κ1) is 26.2. The number of hydrogen-bond donors (Lipinski definition) is 1. The van der Waals surface area contributed by atoms with Crippen LogP contribution >= 0.6 is 14.5 Å². The Hall–Kier alpha value is -1.40. The Morgan fingerprint density at radius 2 is 1.36 bits per heavy atom. The standard InChI is InChI=1S/C23H37N5O3P2/c1-5-31-33(4,30)23-11-7-9-21(26-23)19-28-15-13-24-12-14-27(16-17-28)18-20-8-6-10-22(25-20)32(2,3)29/h6-11,24H,5,12-19H2,1-4H3. The number of rotatable bonds is 8. The fourth-order valence-electron chi connectivity index (χ4n) is 3.83. The second-order valence-corrected chi connectivity index (χ2v) is 14.5. The number of hydrogen-bond acceptors (Lipinski definition) is 8. The first-order chi connectivity index (χ1) is 15.7. The van der Waals surface area contributed by atoms with E-state index in [1.54, 1.807) is 26.1 Å². The van der Waals surface area contributed by atoms with Crippen molar-refractivity contribution in [2.45, 2.75) is 20.0 Å². The zero-order chi connectivity index (χ0) is 23.9. The number of nitrogens with one attached hydrogen (secondary N) is 1. The topological polar surface area (TPSA) is 87.7 Å². The van der Waals surface area contributed by atoms with Crippen LogP contribution in [0.3, 0.4) is 0 Å². The van der Waals surface area contributed by atoms with Crippen LogP contribution in [0.1, 0.15) is 18.3 Å². The van der Waals surface area contributed by atoms with Gasteiger partial charge >= 0.3 is 0 Å². The third-order valence-electron chi connectivity index (χ3n) is 5.64. The van der Waals surface area contributed by atoms with Crippen LogP contribution in [0.2, 0.25) is 0 Å². The number of nitrogens with zero attached hydrogens (tertiary/aromatic N) is 4. The molecular weight excluding hydrogens is 456 g/mol. The van der Waals surface area contributed by atoms with E-state index in [2.05, 4.69) is 25.1 Å². The van der Waals surface area contributed by atoms with Gasteiger partial charge in [-0.2, -0.15) is 0 Å². The van der Waals surface area contributed by atoms with Gasteiger partial charge in [-0.1, -0.05) is 12.1 Å². The average Bonchev–Trinajstić information content (AvgIpc) is 2.86. The fourth-order valence-corrected chi connectivity index (χ4v) is 5.94. The first-order valence-electron chi connectivity index (χ1n) is 11.5. The predicted octanol–water partition coefficient (Wildman–Crippen LogP) is 2.20. The molecular formula is C23H37N5O3P2. The molecule has 1 aliphatic heterocycles. The van der Waals surface area contributed by atoms with Crippen LogP contribution in [0.15, 0.2) is 36.4 Å². The van der Waals surface area contributed by atoms with Crippen molar-refractivity contribution < 1.29 is 13.7 Å². The minimum Gasteiger partial charge on any atom is -0.325 e. The molecule has 3 heterocycles. The molecule has 3 rings (SSSR count). The third-order valence-corrected chi connectivity index (χ3v) is 8.83. The van der Waals surface area contributed by atoms with Crippen LogP contribution < -0.4 is 16.2 Å². The summed E-state index contributed by atoms with van der Waals surface area (Å²) in [6.45, 7) is 14.3. The molecule has 2 aromatic heterocycles. The molecule has 0 saturated carbocycles. The monoisotopic (exact) mass is 493 g/mol. The minimum absolute atomic E-state index is 0.402. The van der Waals surface area contributed by atoms with Crippen molar-refractivity contribution in [2.75, 3.05) is 65.9 Å². The van der Waals surface area contributed by atoms with Crippen molar-refractivity contribution in [1.82, 2.24) is 25.1 Å². The predicted molar refractivity (Wildman–Crippen MR) is 136 cm³/mol. The summed E-state index contributed by atoms with van der Waals surface area (Å²) in [6.07, 6.45) is 0. The molecule has 1 fully saturated rings. The van der Waals surface area contributed by atoms with Crippen LogP contribution in [-0.4, -0.2) is 85.6 Å². The summed E-state index contributed by atoms with van der Waals surface area (Å²) in [5, 5.41) is 3.51. The van der Waals surface area contributed by atoms with Gasteiger partial charge in [0.25, 0.3) is 0 Å². The molecule has 1 unspecified atom stereocenters. The lowest BCUT2D eigenvalue weighted by Gasteiger charge is -2.25. The van der Waals surface area contributed by atoms with Gasteiger partial charge in [-0.05, 0) is 44.5 Å².